The van der Waals surface area contributed by atoms with E-state index < -0.39 is 18.1 Å². The molecule has 0 unspecified atom stereocenters. The molecule has 0 saturated heterocycles. The Bertz CT molecular complexity index is 3890. The van der Waals surface area contributed by atoms with Crippen molar-refractivity contribution in [2.24, 2.45) is 0 Å². The largest absolute Gasteiger partial charge is 0.509 e. The number of pyridine rings is 1. The number of nitrogens with zero attached hydrogens (tertiary/aromatic N) is 4. The van der Waals surface area contributed by atoms with Crippen LogP contribution < -0.4 is 14.5 Å². The summed E-state index contributed by atoms with van der Waals surface area (Å²) >= 11 is 0. The van der Waals surface area contributed by atoms with Crippen LogP contribution in [0.5, 0.6) is 11.5 Å². The first-order valence-corrected chi connectivity index (χ1v) is 24.3. The Morgan fingerprint density at radius 2 is 1.15 bits per heavy atom. The minimum atomic E-state index is -0.439. The molecule has 0 aliphatic carbocycles. The molecule has 11 rings (SSSR count). The Kier molecular flexibility index (Phi) is 11.1. The predicted molar refractivity (Wildman–Crippen MR) is 297 cm³/mol. The van der Waals surface area contributed by atoms with Crippen LogP contribution in [-0.2, 0) is 37.3 Å². The van der Waals surface area contributed by atoms with Crippen LogP contribution in [0.1, 0.15) is 85.9 Å². The van der Waals surface area contributed by atoms with Gasteiger partial charge in [-0.15, -0.1) is 48.1 Å². The van der Waals surface area contributed by atoms with Gasteiger partial charge in [0, 0.05) is 72.5 Å². The molecule has 0 N–H and O–H groups in total. The van der Waals surface area contributed by atoms with Gasteiger partial charge in [0.05, 0.1) is 6.85 Å². The molecule has 2 aromatic heterocycles. The van der Waals surface area contributed by atoms with Gasteiger partial charge in [-0.25, -0.2) is 4.98 Å². The fourth-order valence-electron chi connectivity index (χ4n) is 9.58. The first kappa shape index (κ1) is 42.5. The first-order valence-electron chi connectivity index (χ1n) is 26.8. The number of ether oxygens (including phenoxy) is 1. The van der Waals surface area contributed by atoms with Crippen LogP contribution >= 0.6 is 0 Å². The zero-order chi connectivity index (χ0) is 53.6. The molecule has 1 aliphatic heterocycles. The number of anilines is 4. The fraction of sp³-hybridized carbons (Fsp3) is 0.182. The summed E-state index contributed by atoms with van der Waals surface area (Å²) < 4.78 is 53.0. The Hall–Kier alpha value is -7.20. The van der Waals surface area contributed by atoms with Crippen LogP contribution in [0.2, 0.25) is 0 Å². The molecular weight excluding hydrogens is 1060 g/mol. The molecular formula is C66H59N4OPt-3. The molecule has 0 amide bonds. The molecule has 0 radical (unpaired) electrons. The van der Waals surface area contributed by atoms with Crippen LogP contribution in [0.4, 0.5) is 22.7 Å². The molecule has 8 aromatic carbocycles. The summed E-state index contributed by atoms with van der Waals surface area (Å²) in [5.41, 5.74) is 13.0. The van der Waals surface area contributed by atoms with E-state index in [4.69, 9.17) is 16.6 Å². The van der Waals surface area contributed by atoms with Crippen LogP contribution in [0.25, 0.3) is 61.0 Å². The van der Waals surface area contributed by atoms with E-state index in [1.54, 1.807) is 0 Å². The average Bonchev–Trinajstić information content (AvgIpc) is 3.97. The smallest absolute Gasteiger partial charge is 0.135 e. The Morgan fingerprint density at radius 1 is 0.514 bits per heavy atom. The normalized spacial score (nSPS) is 13.8. The van der Waals surface area contributed by atoms with Crippen molar-refractivity contribution in [3.05, 3.63) is 224 Å². The molecule has 0 bridgehead atoms. The summed E-state index contributed by atoms with van der Waals surface area (Å²) in [7, 11) is 0. The van der Waals surface area contributed by atoms with Crippen molar-refractivity contribution in [1.29, 1.82) is 0 Å². The summed E-state index contributed by atoms with van der Waals surface area (Å²) in [5.74, 6) is 1.79. The third-order valence-corrected chi connectivity index (χ3v) is 13.5. The Labute approximate surface area is 447 Å². The summed E-state index contributed by atoms with van der Waals surface area (Å²) in [6.45, 7) is 21.8. The summed E-state index contributed by atoms with van der Waals surface area (Å²) in [4.78, 5) is 9.04. The maximum Gasteiger partial charge on any atom is 0.135 e. The monoisotopic (exact) mass is 1120 g/mol. The third-order valence-electron chi connectivity index (χ3n) is 13.5. The number of hydrogen-bond acceptors (Lipinski definition) is 4. The number of para-hydroxylation sites is 3. The Balaban J connectivity index is 0.00000672. The maximum absolute atomic E-state index is 9.15. The molecule has 0 atom stereocenters. The van der Waals surface area contributed by atoms with Gasteiger partial charge in [-0.2, -0.15) is 12.1 Å². The molecule has 362 valence electrons. The van der Waals surface area contributed by atoms with Gasteiger partial charge < -0.3 is 19.1 Å². The second kappa shape index (κ2) is 18.8. The Morgan fingerprint density at radius 3 is 1.88 bits per heavy atom. The molecule has 0 saturated carbocycles. The number of hydrogen-bond donors (Lipinski definition) is 0. The number of benzene rings is 8. The quantitative estimate of drug-likeness (QED) is 0.142. The van der Waals surface area contributed by atoms with Crippen molar-refractivity contribution < 1.29 is 32.7 Å². The minimum Gasteiger partial charge on any atom is -0.509 e. The number of fused-ring (bicyclic) bond motifs is 4. The summed E-state index contributed by atoms with van der Waals surface area (Å²) in [6, 6.07) is 57.3. The van der Waals surface area contributed by atoms with E-state index in [2.05, 4.69) is 163 Å². The van der Waals surface area contributed by atoms with Crippen LogP contribution in [-0.4, -0.2) is 9.55 Å². The van der Waals surface area contributed by atoms with E-state index >= 15 is 0 Å². The van der Waals surface area contributed by atoms with E-state index in [-0.39, 0.29) is 55.0 Å². The maximum atomic E-state index is 9.15. The van der Waals surface area contributed by atoms with Crippen LogP contribution in [0.3, 0.4) is 0 Å². The van der Waals surface area contributed by atoms with Crippen LogP contribution in [0.15, 0.2) is 188 Å². The van der Waals surface area contributed by atoms with E-state index in [0.717, 1.165) is 66.8 Å². The van der Waals surface area contributed by atoms with Crippen molar-refractivity contribution in [2.75, 3.05) is 9.80 Å². The number of rotatable bonds is 8. The van der Waals surface area contributed by atoms with Gasteiger partial charge in [0.2, 0.25) is 0 Å². The summed E-state index contributed by atoms with van der Waals surface area (Å²) in [5, 5.41) is 2.10. The molecule has 5 nitrogen and oxygen atoms in total. The van der Waals surface area contributed by atoms with Crippen molar-refractivity contribution in [3.63, 3.8) is 0 Å². The predicted octanol–water partition coefficient (Wildman–Crippen LogP) is 17.9. The van der Waals surface area contributed by atoms with E-state index in [1.807, 2.05) is 90.6 Å². The molecule has 6 heteroatoms. The third kappa shape index (κ3) is 9.16. The van der Waals surface area contributed by atoms with E-state index in [1.165, 1.54) is 11.1 Å². The molecule has 10 aromatic rings. The zero-order valence-corrected chi connectivity index (χ0v) is 44.4. The number of aromatic nitrogens is 2. The first-order chi connectivity index (χ1) is 36.2. The van der Waals surface area contributed by atoms with Gasteiger partial charge in [0.25, 0.3) is 0 Å². The average molecular weight is 1120 g/mol. The topological polar surface area (TPSA) is 33.5 Å². The van der Waals surface area contributed by atoms with Gasteiger partial charge in [0.1, 0.15) is 5.82 Å². The molecule has 3 heterocycles. The minimum absolute atomic E-state index is 0. The standard InChI is InChI=1S/C66H59N4O.Pt/c1-64(2,3)48-31-28-44(29-32-48)46-30-35-58-57(39-46)56-34-33-53(42-61(56)70(58)62-40-50(36-37-67-62)66(7,8)9)71-52-23-16-22-51(41-52)68-43-69(60-27-14-13-26-59(60)68)63-54(45-18-11-10-12-19-45)24-17-25-55(63)47-20-15-21-49(38-47)65(4,5)6;/h10-40,43H,1-9H3;/q-3;/i10D,11D,12D,18D,19D;. The van der Waals surface area contributed by atoms with E-state index in [0.29, 0.717) is 28.4 Å². The van der Waals surface area contributed by atoms with Crippen LogP contribution in [0, 0.1) is 18.8 Å². The second-order valence-corrected chi connectivity index (χ2v) is 21.5. The van der Waals surface area contributed by atoms with E-state index in [9.17, 15) is 0 Å². The van der Waals surface area contributed by atoms with Gasteiger partial charge >= 0.3 is 0 Å². The van der Waals surface area contributed by atoms with Gasteiger partial charge in [-0.1, -0.05) is 189 Å². The van der Waals surface area contributed by atoms with Crippen molar-refractivity contribution >= 4 is 44.6 Å². The molecule has 72 heavy (non-hydrogen) atoms. The van der Waals surface area contributed by atoms with Gasteiger partial charge in [-0.05, 0) is 90.9 Å². The molecule has 1 aliphatic rings. The molecule has 0 spiro atoms. The zero-order valence-electron chi connectivity index (χ0n) is 47.1. The van der Waals surface area contributed by atoms with Gasteiger partial charge in [-0.3, -0.25) is 0 Å². The van der Waals surface area contributed by atoms with Crippen molar-refractivity contribution in [1.82, 2.24) is 9.55 Å². The van der Waals surface area contributed by atoms with Gasteiger partial charge in [0.15, 0.2) is 0 Å². The molecule has 0 fully saturated rings. The fourth-order valence-corrected chi connectivity index (χ4v) is 9.58. The summed E-state index contributed by atoms with van der Waals surface area (Å²) in [6.07, 6.45) is 1.88. The second-order valence-electron chi connectivity index (χ2n) is 21.5. The van der Waals surface area contributed by atoms with Crippen molar-refractivity contribution in [3.8, 4) is 50.7 Å². The SMILES string of the molecule is [2H]c1c([2H])c([2H])c(-c2cccc(-c3cccc(C(C)(C)C)c3)c2N2[CH-]N(c3[c-]c(Oc4[c-]c5c(cc4)c4cc(-c6ccc(C(C)(C)C)cc6)ccc4n5-c4cc(C(C)(C)C)ccn4)ccc3)c3ccccc32)c([2H])c1[2H].[Pt]. The van der Waals surface area contributed by atoms with Crippen molar-refractivity contribution in [2.45, 2.75) is 78.6 Å².